The molecule has 39 valence electrons. The molecule has 0 aromatic rings. The average molecular weight is 137 g/mol. The van der Waals surface area contributed by atoms with Crippen molar-refractivity contribution in [2.45, 2.75) is 0 Å². The molecule has 3 nitrogen and oxygen atoms in total. The summed E-state index contributed by atoms with van der Waals surface area (Å²) in [5, 5.41) is 0. The van der Waals surface area contributed by atoms with E-state index >= 15 is 0 Å². The summed E-state index contributed by atoms with van der Waals surface area (Å²) in [5.41, 5.74) is 0. The minimum Gasteiger partial charge on any atom is -1.00 e. The van der Waals surface area contributed by atoms with Gasteiger partial charge in [0.1, 0.15) is 17.4 Å². The second-order valence-corrected chi connectivity index (χ2v) is 0.848. The molecule has 0 bridgehead atoms. The first-order valence-corrected chi connectivity index (χ1v) is 1.95. The summed E-state index contributed by atoms with van der Waals surface area (Å²) < 4.78 is 8.74. The zero-order chi connectivity index (χ0) is 3.58. The molecule has 1 radical (unpaired) electrons. The molecule has 0 fully saturated rings. The van der Waals surface area contributed by atoms with E-state index in [1.54, 1.807) is 0 Å². The summed E-state index contributed by atoms with van der Waals surface area (Å²) in [7, 11) is -3.13. The molecule has 7 heteroatoms. The van der Waals surface area contributed by atoms with Gasteiger partial charge in [0.05, 0.1) is 0 Å². The molecule has 2 N–H and O–H groups in total. The molecular weight excluding hydrogens is 132 g/mol. The maximum absolute atomic E-state index is 8.74. The van der Waals surface area contributed by atoms with E-state index in [1.807, 2.05) is 0 Å². The van der Waals surface area contributed by atoms with Crippen LogP contribution in [0.15, 0.2) is 0 Å². The van der Waals surface area contributed by atoms with Gasteiger partial charge in [-0.15, -0.1) is 0 Å². The fourth-order valence-electron chi connectivity index (χ4n) is 0. The van der Waals surface area contributed by atoms with Crippen LogP contribution in [0.4, 0.5) is 0 Å². The van der Waals surface area contributed by atoms with E-state index in [0.29, 0.717) is 0 Å². The first-order chi connectivity index (χ1) is 1.73. The minimum atomic E-state index is -3.13. The second-order valence-electron chi connectivity index (χ2n) is 0.283. The van der Waals surface area contributed by atoms with Crippen LogP contribution in [0.25, 0.3) is 0 Å². The molecule has 0 saturated heterocycles. The predicted octanol–water partition coefficient (Wildman–Crippen LogP) is -7.55. The van der Waals surface area contributed by atoms with Gasteiger partial charge in [0.25, 0.3) is 0 Å². The molecule has 0 atom stereocenters. The van der Waals surface area contributed by atoms with Gasteiger partial charge in [-0.05, 0) is 0 Å². The van der Waals surface area contributed by atoms with Gasteiger partial charge in [-0.25, -0.2) is 0 Å². The number of hydrogen-bond donors (Lipinski definition) is 2. The molecule has 0 amide bonds. The Bertz CT molecular complexity index is 37.9. The van der Waals surface area contributed by atoms with Gasteiger partial charge in [0.15, 0.2) is 0 Å². The summed E-state index contributed by atoms with van der Waals surface area (Å²) in [6, 6.07) is 0. The van der Waals surface area contributed by atoms with Crippen molar-refractivity contribution >= 4 is 25.6 Å². The van der Waals surface area contributed by atoms with Crippen LogP contribution < -0.4 is 23.6 Å². The zero-order valence-corrected chi connectivity index (χ0v) is 7.18. The van der Waals surface area contributed by atoms with Crippen LogP contribution >= 0.6 is 8.25 Å². The molecule has 0 aliphatic heterocycles. The fourth-order valence-corrected chi connectivity index (χ4v) is 0. The van der Waals surface area contributed by atoms with Crippen LogP contribution in [0.3, 0.4) is 0 Å². The third-order valence-electron chi connectivity index (χ3n) is 0. The van der Waals surface area contributed by atoms with Crippen molar-refractivity contribution in [2.24, 2.45) is 0 Å². The van der Waals surface area contributed by atoms with E-state index in [-0.39, 0.29) is 40.9 Å². The Morgan fingerprint density at radius 2 is 1.29 bits per heavy atom. The summed E-state index contributed by atoms with van der Waals surface area (Å²) in [6.07, 6.45) is 0. The van der Waals surface area contributed by atoms with Gasteiger partial charge >= 0.3 is 27.1 Å². The maximum atomic E-state index is 8.74. The van der Waals surface area contributed by atoms with Crippen LogP contribution in [0.5, 0.6) is 0 Å². The molecule has 0 aromatic carbocycles. The summed E-state index contributed by atoms with van der Waals surface area (Å²) >= 11 is 0. The van der Waals surface area contributed by atoms with Crippen molar-refractivity contribution in [3.8, 4) is 0 Å². The van der Waals surface area contributed by atoms with Crippen LogP contribution in [0.1, 0.15) is 0 Å². The van der Waals surface area contributed by atoms with Gasteiger partial charge in [-0.1, -0.05) is 0 Å². The van der Waals surface area contributed by atoms with Crippen LogP contribution in [-0.4, -0.2) is 27.1 Å². The SMILES string of the molecule is O=[PH](O)O.[AlH2].[F-].[Li+]. The molecule has 0 saturated carbocycles. The van der Waals surface area contributed by atoms with Crippen molar-refractivity contribution in [1.29, 1.82) is 0 Å². The van der Waals surface area contributed by atoms with Crippen LogP contribution in [0, 0.1) is 0 Å². The van der Waals surface area contributed by atoms with E-state index in [4.69, 9.17) is 14.4 Å². The Morgan fingerprint density at radius 1 is 1.29 bits per heavy atom. The number of rotatable bonds is 0. The van der Waals surface area contributed by atoms with E-state index in [1.165, 1.54) is 0 Å². The largest absolute Gasteiger partial charge is 1.00 e. The molecule has 0 aliphatic rings. The normalized spacial score (nSPS) is 5.00. The van der Waals surface area contributed by atoms with Crippen molar-refractivity contribution in [3.05, 3.63) is 0 Å². The third-order valence-corrected chi connectivity index (χ3v) is 0. The molecule has 0 aliphatic carbocycles. The number of hydrogen-bond acceptors (Lipinski definition) is 1. The molecule has 0 aromatic heterocycles. The van der Waals surface area contributed by atoms with Gasteiger partial charge in [0, 0.05) is 0 Å². The van der Waals surface area contributed by atoms with Crippen molar-refractivity contribution < 1.29 is 37.9 Å². The molecule has 7 heavy (non-hydrogen) atoms. The van der Waals surface area contributed by atoms with Crippen molar-refractivity contribution in [3.63, 3.8) is 0 Å². The predicted molar refractivity (Wildman–Crippen MR) is 22.0 cm³/mol. The smallest absolute Gasteiger partial charge is 1.00 e. The van der Waals surface area contributed by atoms with Crippen LogP contribution in [0.2, 0.25) is 0 Å². The Hall–Kier alpha value is 1.21. The van der Waals surface area contributed by atoms with E-state index in [2.05, 4.69) is 0 Å². The van der Waals surface area contributed by atoms with E-state index in [0.717, 1.165) is 0 Å². The third kappa shape index (κ3) is 134. The minimum absolute atomic E-state index is 0. The monoisotopic (exact) mass is 137 g/mol. The van der Waals surface area contributed by atoms with Crippen molar-refractivity contribution in [2.75, 3.05) is 0 Å². The Kier molecular flexibility index (Phi) is 54.0. The Morgan fingerprint density at radius 3 is 1.29 bits per heavy atom. The maximum Gasteiger partial charge on any atom is 1.00 e. The molecule has 0 unspecified atom stereocenters. The number of halogens is 1. The summed E-state index contributed by atoms with van der Waals surface area (Å²) in [4.78, 5) is 14.3. The van der Waals surface area contributed by atoms with Crippen LogP contribution in [-0.2, 0) is 4.57 Å². The van der Waals surface area contributed by atoms with E-state index < -0.39 is 8.25 Å². The van der Waals surface area contributed by atoms with Gasteiger partial charge in [-0.2, -0.15) is 0 Å². The Balaban J connectivity index is -0.0000000150. The fraction of sp³-hybridized carbons (Fsp3) is 0. The molecule has 0 heterocycles. The van der Waals surface area contributed by atoms with E-state index in [9.17, 15) is 0 Å². The van der Waals surface area contributed by atoms with Gasteiger partial charge < -0.3 is 14.5 Å². The summed E-state index contributed by atoms with van der Waals surface area (Å²) in [5.74, 6) is 0. The average Bonchev–Trinajstić information content (AvgIpc) is 0.811. The molecular formula is H5AlFLiO3P. The zero-order valence-electron chi connectivity index (χ0n) is 4.18. The molecule has 0 spiro atoms. The Labute approximate surface area is 63.7 Å². The molecule has 0 rings (SSSR count). The topological polar surface area (TPSA) is 57.5 Å². The van der Waals surface area contributed by atoms with Gasteiger partial charge in [0.2, 0.25) is 0 Å². The van der Waals surface area contributed by atoms with Gasteiger partial charge in [-0.3, -0.25) is 4.57 Å². The van der Waals surface area contributed by atoms with Crippen molar-refractivity contribution in [1.82, 2.24) is 0 Å². The first kappa shape index (κ1) is 24.1. The summed E-state index contributed by atoms with van der Waals surface area (Å²) in [6.45, 7) is 0. The first-order valence-electron chi connectivity index (χ1n) is 0.651. The second kappa shape index (κ2) is 15.7. The quantitative estimate of drug-likeness (QED) is 0.257. The standard InChI is InChI=1S/Al.FH.Li.H3O3P.2H/c;;;1-4(2)3;;/h;1H;;4H,(H2,1,2,3);;/q;;+1;;;/p-1.